The number of carbonyl (C=O) groups is 2. The van der Waals surface area contributed by atoms with Gasteiger partial charge in [-0.3, -0.25) is 4.90 Å². The van der Waals surface area contributed by atoms with E-state index in [1.54, 1.807) is 34.9 Å². The Bertz CT molecular complexity index is 852. The van der Waals surface area contributed by atoms with Crippen molar-refractivity contribution in [3.05, 3.63) is 36.0 Å². The van der Waals surface area contributed by atoms with Crippen molar-refractivity contribution in [2.45, 2.75) is 25.7 Å². The number of carbonyl (C=O) groups excluding carboxylic acids is 2. The van der Waals surface area contributed by atoms with E-state index in [1.165, 1.54) is 0 Å². The molecule has 3 heterocycles. The number of rotatable bonds is 3. The highest BCUT2D eigenvalue weighted by Gasteiger charge is 2.28. The van der Waals surface area contributed by atoms with Gasteiger partial charge in [0.05, 0.1) is 6.54 Å². The molecule has 1 N–H and O–H groups in total. The summed E-state index contributed by atoms with van der Waals surface area (Å²) in [7, 11) is 0. The van der Waals surface area contributed by atoms with Gasteiger partial charge in [-0.25, -0.2) is 9.59 Å². The number of cyclic esters (lactones) is 1. The second-order valence-corrected chi connectivity index (χ2v) is 6.70. The van der Waals surface area contributed by atoms with Gasteiger partial charge in [-0.15, -0.1) is 0 Å². The Hall–Kier alpha value is -3.10. The predicted molar refractivity (Wildman–Crippen MR) is 96.7 cm³/mol. The molecular formula is C18H21N5O4. The van der Waals surface area contributed by atoms with Crippen LogP contribution in [0.5, 0.6) is 0 Å². The molecule has 9 nitrogen and oxygen atoms in total. The Kier molecular flexibility index (Phi) is 4.66. The number of anilines is 2. The molecule has 0 unspecified atom stereocenters. The second-order valence-electron chi connectivity index (χ2n) is 6.70. The lowest BCUT2D eigenvalue weighted by molar-refractivity contribution is 0.181. The van der Waals surface area contributed by atoms with Gasteiger partial charge in [-0.05, 0) is 31.0 Å². The van der Waals surface area contributed by atoms with Crippen LogP contribution in [0, 0.1) is 6.92 Å². The molecule has 0 aliphatic carbocycles. The molecule has 9 heteroatoms. The minimum atomic E-state index is -0.368. The molecule has 0 saturated carbocycles. The fourth-order valence-corrected chi connectivity index (χ4v) is 3.44. The number of hydrogen-bond acceptors (Lipinski definition) is 6. The van der Waals surface area contributed by atoms with E-state index in [9.17, 15) is 9.59 Å². The summed E-state index contributed by atoms with van der Waals surface area (Å²) in [5.74, 6) is 1.26. The van der Waals surface area contributed by atoms with E-state index in [0.29, 0.717) is 49.3 Å². The first kappa shape index (κ1) is 17.3. The third-order valence-electron chi connectivity index (χ3n) is 4.79. The monoisotopic (exact) mass is 371 g/mol. The zero-order valence-corrected chi connectivity index (χ0v) is 15.1. The summed E-state index contributed by atoms with van der Waals surface area (Å²) in [4.78, 5) is 32.0. The van der Waals surface area contributed by atoms with Crippen LogP contribution in [0.4, 0.5) is 21.0 Å². The Morgan fingerprint density at radius 3 is 2.96 bits per heavy atom. The number of aromatic nitrogens is 2. The van der Waals surface area contributed by atoms with Gasteiger partial charge in [0.15, 0.2) is 5.82 Å². The van der Waals surface area contributed by atoms with Gasteiger partial charge in [0.1, 0.15) is 6.61 Å². The lowest BCUT2D eigenvalue weighted by Gasteiger charge is -2.31. The third-order valence-corrected chi connectivity index (χ3v) is 4.79. The van der Waals surface area contributed by atoms with Crippen LogP contribution in [0.2, 0.25) is 0 Å². The van der Waals surface area contributed by atoms with Crippen LogP contribution in [-0.4, -0.2) is 53.4 Å². The normalized spacial score (nSPS) is 19.9. The van der Waals surface area contributed by atoms with E-state index in [2.05, 4.69) is 15.5 Å². The summed E-state index contributed by atoms with van der Waals surface area (Å²) in [6, 6.07) is 7.01. The first-order valence-electron chi connectivity index (χ1n) is 9.00. The van der Waals surface area contributed by atoms with E-state index in [-0.39, 0.29) is 18.0 Å². The van der Waals surface area contributed by atoms with Crippen molar-refractivity contribution in [2.75, 3.05) is 36.5 Å². The maximum Gasteiger partial charge on any atom is 0.414 e. The first-order chi connectivity index (χ1) is 13.1. The molecule has 27 heavy (non-hydrogen) atoms. The molecule has 2 fully saturated rings. The van der Waals surface area contributed by atoms with Crippen molar-refractivity contribution in [3.63, 3.8) is 0 Å². The summed E-state index contributed by atoms with van der Waals surface area (Å²) >= 11 is 0. The molecule has 2 aliphatic heterocycles. The van der Waals surface area contributed by atoms with Crippen molar-refractivity contribution >= 4 is 23.5 Å². The third kappa shape index (κ3) is 3.71. The van der Waals surface area contributed by atoms with Crippen LogP contribution < -0.4 is 10.2 Å². The zero-order valence-electron chi connectivity index (χ0n) is 15.1. The Morgan fingerprint density at radius 2 is 2.22 bits per heavy atom. The van der Waals surface area contributed by atoms with Crippen LogP contribution in [0.3, 0.4) is 0 Å². The van der Waals surface area contributed by atoms with Gasteiger partial charge >= 0.3 is 12.1 Å². The van der Waals surface area contributed by atoms with Crippen LogP contribution in [0.1, 0.15) is 30.5 Å². The average molecular weight is 371 g/mol. The minimum Gasteiger partial charge on any atom is -0.447 e. The Labute approximate surface area is 156 Å². The number of benzene rings is 1. The van der Waals surface area contributed by atoms with Crippen LogP contribution in [-0.2, 0) is 4.74 Å². The highest BCUT2D eigenvalue weighted by molar-refractivity contribution is 5.93. The van der Waals surface area contributed by atoms with E-state index >= 15 is 0 Å². The number of ether oxygens (including phenoxy) is 1. The summed E-state index contributed by atoms with van der Waals surface area (Å²) in [6.07, 6.45) is 1.44. The van der Waals surface area contributed by atoms with E-state index in [1.807, 2.05) is 6.07 Å². The topological polar surface area (TPSA) is 101 Å². The summed E-state index contributed by atoms with van der Waals surface area (Å²) in [5, 5.41) is 6.90. The van der Waals surface area contributed by atoms with E-state index in [4.69, 9.17) is 9.26 Å². The quantitative estimate of drug-likeness (QED) is 0.890. The van der Waals surface area contributed by atoms with Gasteiger partial charge in [0.2, 0.25) is 5.89 Å². The fourth-order valence-electron chi connectivity index (χ4n) is 3.44. The number of hydrogen-bond donors (Lipinski definition) is 1. The van der Waals surface area contributed by atoms with Gasteiger partial charge < -0.3 is 19.5 Å². The summed E-state index contributed by atoms with van der Waals surface area (Å²) in [5.41, 5.74) is 1.34. The number of amides is 3. The molecule has 142 valence electrons. The SMILES string of the molecule is Cc1nc([C@H]2CCCN(C(=O)Nc3cccc(N4CCOC4=O)c3)C2)no1. The molecule has 2 aromatic rings. The van der Waals surface area contributed by atoms with Crippen LogP contribution in [0.25, 0.3) is 0 Å². The fraction of sp³-hybridized carbons (Fsp3) is 0.444. The highest BCUT2D eigenvalue weighted by Crippen LogP contribution is 2.26. The van der Waals surface area contributed by atoms with Crippen molar-refractivity contribution in [1.82, 2.24) is 15.0 Å². The van der Waals surface area contributed by atoms with Gasteiger partial charge in [-0.1, -0.05) is 11.2 Å². The molecule has 2 saturated heterocycles. The highest BCUT2D eigenvalue weighted by atomic mass is 16.6. The minimum absolute atomic E-state index is 0.0765. The molecule has 1 aromatic carbocycles. The lowest BCUT2D eigenvalue weighted by atomic mass is 9.98. The number of aryl methyl sites for hydroxylation is 1. The standard InChI is InChI=1S/C18H21N5O4/c1-12-19-16(21-27-12)13-4-3-7-22(11-13)17(24)20-14-5-2-6-15(10-14)23-8-9-26-18(23)25/h2,5-6,10,13H,3-4,7-9,11H2,1H3,(H,20,24)/t13-/m0/s1. The number of urea groups is 1. The maximum absolute atomic E-state index is 12.7. The number of nitrogens with zero attached hydrogens (tertiary/aromatic N) is 4. The predicted octanol–water partition coefficient (Wildman–Crippen LogP) is 2.75. The molecule has 2 aliphatic rings. The molecule has 1 atom stereocenters. The Morgan fingerprint density at radius 1 is 1.33 bits per heavy atom. The largest absolute Gasteiger partial charge is 0.447 e. The molecular weight excluding hydrogens is 350 g/mol. The van der Waals surface area contributed by atoms with Crippen molar-refractivity contribution < 1.29 is 18.8 Å². The van der Waals surface area contributed by atoms with Crippen molar-refractivity contribution in [3.8, 4) is 0 Å². The molecule has 1 aromatic heterocycles. The maximum atomic E-state index is 12.7. The summed E-state index contributed by atoms with van der Waals surface area (Å²) in [6.45, 7) is 3.86. The second kappa shape index (κ2) is 7.26. The molecule has 3 amide bonds. The van der Waals surface area contributed by atoms with Gasteiger partial charge in [0.25, 0.3) is 0 Å². The molecule has 0 radical (unpaired) electrons. The molecule has 4 rings (SSSR count). The van der Waals surface area contributed by atoms with Crippen molar-refractivity contribution in [1.29, 1.82) is 0 Å². The van der Waals surface area contributed by atoms with Crippen molar-refractivity contribution in [2.24, 2.45) is 0 Å². The smallest absolute Gasteiger partial charge is 0.414 e. The number of likely N-dealkylation sites (tertiary alicyclic amines) is 1. The van der Waals surface area contributed by atoms with Gasteiger partial charge in [-0.2, -0.15) is 4.98 Å². The number of nitrogens with one attached hydrogen (secondary N) is 1. The molecule has 0 bridgehead atoms. The number of piperidine rings is 1. The Balaban J connectivity index is 1.42. The molecule has 0 spiro atoms. The van der Waals surface area contributed by atoms with E-state index in [0.717, 1.165) is 12.8 Å². The van der Waals surface area contributed by atoms with Crippen LogP contribution in [0.15, 0.2) is 28.8 Å². The average Bonchev–Trinajstić information content (AvgIpc) is 3.30. The summed E-state index contributed by atoms with van der Waals surface area (Å²) < 4.78 is 10.0. The lowest BCUT2D eigenvalue weighted by Crippen LogP contribution is -2.41. The van der Waals surface area contributed by atoms with Gasteiger partial charge in [0, 0.05) is 37.3 Å². The van der Waals surface area contributed by atoms with Crippen LogP contribution >= 0.6 is 0 Å². The zero-order chi connectivity index (χ0) is 18.8. The van der Waals surface area contributed by atoms with E-state index < -0.39 is 0 Å². The first-order valence-corrected chi connectivity index (χ1v) is 9.00.